The number of Topliss-reactive ketones (excluding diaryl/α,β-unsaturated/α-hetero) is 1. The smallest absolute Gasteiger partial charge is 0.346 e. The molecule has 0 amide bonds. The first kappa shape index (κ1) is 19.5. The molecule has 0 aromatic carbocycles. The maximum atomic E-state index is 12.9. The number of thioether (sulfide) groups is 1. The number of halogens is 3. The SMILES string of the molecule is Cc1cc(C(=O)CSc2nnc3ccc(C(F)(F)F)cn23)c(C)n1C(C)C. The molecule has 0 spiro atoms. The molecule has 0 aliphatic heterocycles. The normalized spacial score (nSPS) is 12.3. The Bertz CT molecular complexity index is 1000. The molecule has 9 heteroatoms. The lowest BCUT2D eigenvalue weighted by atomic mass is 10.2. The highest BCUT2D eigenvalue weighted by Gasteiger charge is 2.31. The molecule has 5 nitrogen and oxygen atoms in total. The molecule has 0 radical (unpaired) electrons. The van der Waals surface area contributed by atoms with Gasteiger partial charge in [-0.3, -0.25) is 9.20 Å². The maximum Gasteiger partial charge on any atom is 0.417 e. The van der Waals surface area contributed by atoms with E-state index in [9.17, 15) is 18.0 Å². The fourth-order valence-corrected chi connectivity index (χ4v) is 4.00. The predicted molar refractivity (Wildman–Crippen MR) is 97.3 cm³/mol. The van der Waals surface area contributed by atoms with Crippen LogP contribution in [-0.2, 0) is 6.18 Å². The van der Waals surface area contributed by atoms with Crippen molar-refractivity contribution < 1.29 is 18.0 Å². The summed E-state index contributed by atoms with van der Waals surface area (Å²) in [7, 11) is 0. The third-order valence-corrected chi connectivity index (χ3v) is 5.27. The van der Waals surface area contributed by atoms with Gasteiger partial charge in [0, 0.05) is 29.2 Å². The van der Waals surface area contributed by atoms with E-state index in [-0.39, 0.29) is 22.7 Å². The Morgan fingerprint density at radius 2 is 1.93 bits per heavy atom. The summed E-state index contributed by atoms with van der Waals surface area (Å²) in [5.41, 5.74) is 2.02. The van der Waals surface area contributed by atoms with Crippen LogP contribution in [0.5, 0.6) is 0 Å². The number of hydrogen-bond donors (Lipinski definition) is 0. The van der Waals surface area contributed by atoms with Crippen molar-refractivity contribution in [1.82, 2.24) is 19.2 Å². The van der Waals surface area contributed by atoms with Crippen molar-refractivity contribution in [3.63, 3.8) is 0 Å². The first-order chi connectivity index (χ1) is 12.6. The number of ketones is 1. The van der Waals surface area contributed by atoms with Gasteiger partial charge in [0.1, 0.15) is 0 Å². The second-order valence-corrected chi connectivity index (χ2v) is 7.53. The number of rotatable bonds is 5. The van der Waals surface area contributed by atoms with Gasteiger partial charge in [-0.05, 0) is 45.9 Å². The Morgan fingerprint density at radius 3 is 2.52 bits per heavy atom. The largest absolute Gasteiger partial charge is 0.417 e. The lowest BCUT2D eigenvalue weighted by molar-refractivity contribution is -0.137. The minimum absolute atomic E-state index is 0.0689. The molecule has 0 aliphatic carbocycles. The summed E-state index contributed by atoms with van der Waals surface area (Å²) in [6.45, 7) is 7.93. The molecule has 3 aromatic heterocycles. The number of pyridine rings is 1. The van der Waals surface area contributed by atoms with Gasteiger partial charge in [-0.15, -0.1) is 10.2 Å². The molecule has 0 saturated heterocycles. The summed E-state index contributed by atoms with van der Waals surface area (Å²) in [6, 6.07) is 4.31. The van der Waals surface area contributed by atoms with Crippen LogP contribution in [0.15, 0.2) is 29.6 Å². The highest BCUT2D eigenvalue weighted by Crippen LogP contribution is 2.30. The van der Waals surface area contributed by atoms with Crippen molar-refractivity contribution in [2.45, 2.75) is 45.1 Å². The van der Waals surface area contributed by atoms with Crippen LogP contribution in [-0.4, -0.2) is 30.7 Å². The molecule has 144 valence electrons. The van der Waals surface area contributed by atoms with Gasteiger partial charge in [-0.25, -0.2) is 0 Å². The first-order valence-electron chi connectivity index (χ1n) is 8.36. The highest BCUT2D eigenvalue weighted by molar-refractivity contribution is 7.99. The molecule has 0 fully saturated rings. The molecule has 3 rings (SSSR count). The van der Waals surface area contributed by atoms with Gasteiger partial charge in [-0.2, -0.15) is 13.2 Å². The lowest BCUT2D eigenvalue weighted by Gasteiger charge is -2.13. The Balaban J connectivity index is 1.83. The van der Waals surface area contributed by atoms with Crippen LogP contribution in [0.2, 0.25) is 0 Å². The van der Waals surface area contributed by atoms with Crippen molar-refractivity contribution in [2.75, 3.05) is 5.75 Å². The van der Waals surface area contributed by atoms with Crippen molar-refractivity contribution in [3.05, 3.63) is 46.9 Å². The number of carbonyl (C=O) groups is 1. The van der Waals surface area contributed by atoms with Crippen LogP contribution in [0.4, 0.5) is 13.2 Å². The summed E-state index contributed by atoms with van der Waals surface area (Å²) in [5, 5.41) is 8.02. The molecule has 3 heterocycles. The quantitative estimate of drug-likeness (QED) is 0.462. The van der Waals surface area contributed by atoms with E-state index in [0.29, 0.717) is 11.2 Å². The molecule has 3 aromatic rings. The van der Waals surface area contributed by atoms with Crippen LogP contribution < -0.4 is 0 Å². The minimum atomic E-state index is -4.45. The molecule has 0 unspecified atom stereocenters. The van der Waals surface area contributed by atoms with E-state index in [2.05, 4.69) is 14.8 Å². The lowest BCUT2D eigenvalue weighted by Crippen LogP contribution is -2.09. The second kappa shape index (κ2) is 7.03. The minimum Gasteiger partial charge on any atom is -0.346 e. The first-order valence-corrected chi connectivity index (χ1v) is 9.34. The van der Waals surface area contributed by atoms with E-state index in [4.69, 9.17) is 0 Å². The van der Waals surface area contributed by atoms with Gasteiger partial charge < -0.3 is 4.57 Å². The highest BCUT2D eigenvalue weighted by atomic mass is 32.2. The van der Waals surface area contributed by atoms with Crippen LogP contribution in [0.1, 0.15) is 47.2 Å². The topological polar surface area (TPSA) is 52.2 Å². The van der Waals surface area contributed by atoms with Crippen LogP contribution >= 0.6 is 11.8 Å². The van der Waals surface area contributed by atoms with Crippen molar-refractivity contribution in [1.29, 1.82) is 0 Å². The average Bonchev–Trinajstić information content (AvgIpc) is 3.11. The molecule has 0 N–H and O–H groups in total. The van der Waals surface area contributed by atoms with Gasteiger partial charge in [0.05, 0.1) is 11.3 Å². The zero-order valence-electron chi connectivity index (χ0n) is 15.3. The van der Waals surface area contributed by atoms with Gasteiger partial charge >= 0.3 is 6.18 Å². The van der Waals surface area contributed by atoms with E-state index in [1.54, 1.807) is 0 Å². The number of nitrogens with zero attached hydrogens (tertiary/aromatic N) is 4. The Hall–Kier alpha value is -2.29. The van der Waals surface area contributed by atoms with Crippen LogP contribution in [0.3, 0.4) is 0 Å². The van der Waals surface area contributed by atoms with E-state index in [1.807, 2.05) is 33.8 Å². The summed E-state index contributed by atoms with van der Waals surface area (Å²) in [5.74, 6) is -0.0249. The van der Waals surface area contributed by atoms with Gasteiger partial charge in [0.2, 0.25) is 0 Å². The van der Waals surface area contributed by atoms with Crippen molar-refractivity contribution in [3.8, 4) is 0 Å². The summed E-state index contributed by atoms with van der Waals surface area (Å²) in [6.07, 6.45) is -3.50. The molecular formula is C18H19F3N4OS. The molecular weight excluding hydrogens is 377 g/mol. The molecule has 0 aliphatic rings. The molecule has 0 atom stereocenters. The molecule has 0 saturated carbocycles. The molecule has 0 bridgehead atoms. The number of aryl methyl sites for hydroxylation is 1. The summed E-state index contributed by atoms with van der Waals surface area (Å²) in [4.78, 5) is 12.6. The standard InChI is InChI=1S/C18H19F3N4OS/c1-10(2)25-11(3)7-14(12(25)4)15(26)9-27-17-23-22-16-6-5-13(8-24(16)17)18(19,20)21/h5-8,10H,9H2,1-4H3. The van der Waals surface area contributed by atoms with Crippen LogP contribution in [0.25, 0.3) is 5.65 Å². The second-order valence-electron chi connectivity index (χ2n) is 6.59. The van der Waals surface area contributed by atoms with E-state index >= 15 is 0 Å². The number of hydrogen-bond acceptors (Lipinski definition) is 4. The van der Waals surface area contributed by atoms with Gasteiger partial charge in [-0.1, -0.05) is 11.8 Å². The number of fused-ring (bicyclic) bond motifs is 1. The maximum absolute atomic E-state index is 12.9. The van der Waals surface area contributed by atoms with Crippen molar-refractivity contribution >= 4 is 23.2 Å². The fraction of sp³-hybridized carbons (Fsp3) is 0.389. The third kappa shape index (κ3) is 3.73. The zero-order valence-corrected chi connectivity index (χ0v) is 16.1. The van der Waals surface area contributed by atoms with E-state index in [1.165, 1.54) is 10.5 Å². The van der Waals surface area contributed by atoms with Gasteiger partial charge in [0.15, 0.2) is 16.6 Å². The van der Waals surface area contributed by atoms with Gasteiger partial charge in [0.25, 0.3) is 0 Å². The van der Waals surface area contributed by atoms with Crippen LogP contribution in [0, 0.1) is 13.8 Å². The Labute approximate surface area is 158 Å². The van der Waals surface area contributed by atoms with E-state index in [0.717, 1.165) is 35.4 Å². The number of aromatic nitrogens is 4. The summed E-state index contributed by atoms with van der Waals surface area (Å²) < 4.78 is 42.1. The molecule has 27 heavy (non-hydrogen) atoms. The third-order valence-electron chi connectivity index (χ3n) is 4.33. The van der Waals surface area contributed by atoms with Crippen molar-refractivity contribution in [2.24, 2.45) is 0 Å². The number of carbonyl (C=O) groups excluding carboxylic acids is 1. The zero-order chi connectivity index (χ0) is 19.9. The predicted octanol–water partition coefficient (Wildman–Crippen LogP) is 4.72. The summed E-state index contributed by atoms with van der Waals surface area (Å²) >= 11 is 1.07. The van der Waals surface area contributed by atoms with E-state index < -0.39 is 11.7 Å². The fourth-order valence-electron chi connectivity index (χ4n) is 3.20. The average molecular weight is 396 g/mol. The Kier molecular flexibility index (Phi) is 5.07. The monoisotopic (exact) mass is 396 g/mol. The number of alkyl halides is 3. The Morgan fingerprint density at radius 1 is 1.22 bits per heavy atom.